The minimum absolute atomic E-state index is 0.298. The van der Waals surface area contributed by atoms with Gasteiger partial charge in [-0.25, -0.2) is 0 Å². The molecule has 0 aromatic heterocycles. The third kappa shape index (κ3) is 8.71. The first-order valence-electron chi connectivity index (χ1n) is 3.39. The zero-order chi connectivity index (χ0) is 6.95. The fourth-order valence-corrected chi connectivity index (χ4v) is 3.17. The first-order chi connectivity index (χ1) is 4.41. The van der Waals surface area contributed by atoms with Gasteiger partial charge in [0, 0.05) is 0 Å². The number of nitrogens with two attached hydrogens (primary N) is 2. The second kappa shape index (κ2) is 8.71. The van der Waals surface area contributed by atoms with Crippen molar-refractivity contribution >= 4 is 20.9 Å². The Balaban J connectivity index is 2.60. The molecule has 0 amide bonds. The van der Waals surface area contributed by atoms with Crippen LogP contribution in [0.2, 0.25) is 8.94 Å². The predicted octanol–water partition coefficient (Wildman–Crippen LogP) is 0.225. The standard InChI is InChI=1S/C6H16N2Te/c7-3-1-5-9-6-2-4-8/h1-8H2. The maximum atomic E-state index is 5.34. The summed E-state index contributed by atoms with van der Waals surface area (Å²) in [6, 6.07) is 0. The van der Waals surface area contributed by atoms with Gasteiger partial charge in [0.15, 0.2) is 0 Å². The van der Waals surface area contributed by atoms with E-state index in [0.717, 1.165) is 13.1 Å². The average Bonchev–Trinajstić information content (AvgIpc) is 1.89. The molecule has 3 heteroatoms. The summed E-state index contributed by atoms with van der Waals surface area (Å²) >= 11 is 0.298. The van der Waals surface area contributed by atoms with Crippen molar-refractivity contribution in [3.8, 4) is 0 Å². The predicted molar refractivity (Wildman–Crippen MR) is 42.7 cm³/mol. The van der Waals surface area contributed by atoms with Crippen LogP contribution in [0.15, 0.2) is 0 Å². The van der Waals surface area contributed by atoms with Crippen LogP contribution < -0.4 is 11.5 Å². The molecule has 0 radical (unpaired) electrons. The summed E-state index contributed by atoms with van der Waals surface area (Å²) < 4.78 is 2.81. The summed E-state index contributed by atoms with van der Waals surface area (Å²) in [5, 5.41) is 0. The quantitative estimate of drug-likeness (QED) is 0.518. The summed E-state index contributed by atoms with van der Waals surface area (Å²) in [7, 11) is 0. The Morgan fingerprint density at radius 1 is 0.889 bits per heavy atom. The van der Waals surface area contributed by atoms with Gasteiger partial charge in [0.25, 0.3) is 0 Å². The van der Waals surface area contributed by atoms with Crippen LogP contribution in [0.3, 0.4) is 0 Å². The Labute approximate surface area is 67.4 Å². The molecule has 0 aliphatic carbocycles. The van der Waals surface area contributed by atoms with Crippen molar-refractivity contribution in [1.82, 2.24) is 0 Å². The molecular weight excluding hydrogens is 228 g/mol. The second-order valence-electron chi connectivity index (χ2n) is 1.90. The third-order valence-electron chi connectivity index (χ3n) is 0.986. The van der Waals surface area contributed by atoms with Crippen LogP contribution in [0.4, 0.5) is 0 Å². The molecule has 2 nitrogen and oxygen atoms in total. The van der Waals surface area contributed by atoms with Gasteiger partial charge in [-0.05, 0) is 0 Å². The molecule has 0 unspecified atom stereocenters. The van der Waals surface area contributed by atoms with Gasteiger partial charge < -0.3 is 0 Å². The van der Waals surface area contributed by atoms with Gasteiger partial charge in [0.05, 0.1) is 0 Å². The van der Waals surface area contributed by atoms with Crippen LogP contribution >= 0.6 is 0 Å². The van der Waals surface area contributed by atoms with Gasteiger partial charge in [-0.15, -0.1) is 0 Å². The zero-order valence-corrected chi connectivity index (χ0v) is 8.14. The fourth-order valence-electron chi connectivity index (χ4n) is 0.473. The van der Waals surface area contributed by atoms with Crippen LogP contribution in [0.5, 0.6) is 0 Å². The second-order valence-corrected chi connectivity index (χ2v) is 5.39. The molecule has 0 aliphatic heterocycles. The molecule has 0 heterocycles. The topological polar surface area (TPSA) is 52.0 Å². The van der Waals surface area contributed by atoms with Gasteiger partial charge in [0.2, 0.25) is 0 Å². The third-order valence-corrected chi connectivity index (χ3v) is 4.28. The number of rotatable bonds is 6. The van der Waals surface area contributed by atoms with Gasteiger partial charge in [-0.3, -0.25) is 0 Å². The SMILES string of the molecule is NCCC[Te]CCCN. The minimum atomic E-state index is 0.298. The monoisotopic (exact) mass is 246 g/mol. The van der Waals surface area contributed by atoms with E-state index < -0.39 is 0 Å². The van der Waals surface area contributed by atoms with Crippen molar-refractivity contribution in [3.05, 3.63) is 0 Å². The van der Waals surface area contributed by atoms with Crippen molar-refractivity contribution in [1.29, 1.82) is 0 Å². The molecule has 0 aliphatic rings. The molecule has 0 fully saturated rings. The van der Waals surface area contributed by atoms with E-state index in [-0.39, 0.29) is 0 Å². The zero-order valence-electron chi connectivity index (χ0n) is 5.81. The molecule has 0 saturated heterocycles. The Bertz CT molecular complexity index is 44.3. The molecule has 0 aromatic rings. The maximum absolute atomic E-state index is 5.34. The van der Waals surface area contributed by atoms with Gasteiger partial charge >= 0.3 is 67.3 Å². The average molecular weight is 244 g/mol. The van der Waals surface area contributed by atoms with Crippen molar-refractivity contribution in [2.45, 2.75) is 21.8 Å². The van der Waals surface area contributed by atoms with E-state index in [1.165, 1.54) is 21.8 Å². The summed E-state index contributed by atoms with van der Waals surface area (Å²) in [6.45, 7) is 1.74. The van der Waals surface area contributed by atoms with Gasteiger partial charge in [-0.2, -0.15) is 0 Å². The molecule has 0 atom stereocenters. The number of hydrogen-bond donors (Lipinski definition) is 2. The Morgan fingerprint density at radius 2 is 1.33 bits per heavy atom. The summed E-state index contributed by atoms with van der Waals surface area (Å²) in [4.78, 5) is 0. The van der Waals surface area contributed by atoms with Crippen LogP contribution in [-0.2, 0) is 0 Å². The van der Waals surface area contributed by atoms with E-state index in [4.69, 9.17) is 11.5 Å². The first kappa shape index (κ1) is 9.71. The number of hydrogen-bond acceptors (Lipinski definition) is 2. The van der Waals surface area contributed by atoms with Crippen molar-refractivity contribution in [2.75, 3.05) is 13.1 Å². The molecular formula is C6H16N2Te. The van der Waals surface area contributed by atoms with E-state index >= 15 is 0 Å². The molecule has 0 rings (SSSR count). The first-order valence-corrected chi connectivity index (χ1v) is 6.69. The van der Waals surface area contributed by atoms with Crippen LogP contribution in [0, 0.1) is 0 Å². The molecule has 0 bridgehead atoms. The molecule has 56 valence electrons. The summed E-state index contributed by atoms with van der Waals surface area (Å²) in [5.74, 6) is 0. The molecule has 9 heavy (non-hydrogen) atoms. The summed E-state index contributed by atoms with van der Waals surface area (Å²) in [6.07, 6.45) is 2.46. The van der Waals surface area contributed by atoms with Crippen LogP contribution in [0.1, 0.15) is 12.8 Å². The van der Waals surface area contributed by atoms with Crippen molar-refractivity contribution in [3.63, 3.8) is 0 Å². The fraction of sp³-hybridized carbons (Fsp3) is 1.00. The summed E-state index contributed by atoms with van der Waals surface area (Å²) in [5.41, 5.74) is 10.7. The van der Waals surface area contributed by atoms with E-state index in [0.29, 0.717) is 20.9 Å². The van der Waals surface area contributed by atoms with E-state index in [2.05, 4.69) is 0 Å². The molecule has 0 aromatic carbocycles. The Morgan fingerprint density at radius 3 is 1.67 bits per heavy atom. The van der Waals surface area contributed by atoms with E-state index in [1.807, 2.05) is 0 Å². The van der Waals surface area contributed by atoms with E-state index in [9.17, 15) is 0 Å². The van der Waals surface area contributed by atoms with Crippen molar-refractivity contribution in [2.24, 2.45) is 11.5 Å². The van der Waals surface area contributed by atoms with Crippen LogP contribution in [-0.4, -0.2) is 34.0 Å². The van der Waals surface area contributed by atoms with Gasteiger partial charge in [0.1, 0.15) is 0 Å². The molecule has 0 spiro atoms. The molecule has 4 N–H and O–H groups in total. The van der Waals surface area contributed by atoms with Gasteiger partial charge in [-0.1, -0.05) is 0 Å². The normalized spacial score (nSPS) is 10.0. The van der Waals surface area contributed by atoms with Crippen LogP contribution in [0.25, 0.3) is 0 Å². The van der Waals surface area contributed by atoms with E-state index in [1.54, 1.807) is 0 Å². The molecule has 0 saturated carbocycles. The Hall–Kier alpha value is 0.710. The Kier molecular flexibility index (Phi) is 9.40. The van der Waals surface area contributed by atoms with Crippen molar-refractivity contribution < 1.29 is 0 Å².